The summed E-state index contributed by atoms with van der Waals surface area (Å²) < 4.78 is 5.31. The van der Waals surface area contributed by atoms with E-state index < -0.39 is 4.92 Å². The normalized spacial score (nSPS) is 14.2. The smallest absolute Gasteiger partial charge is 0.269 e. The summed E-state index contributed by atoms with van der Waals surface area (Å²) in [7, 11) is 0. The third kappa shape index (κ3) is 4.27. The number of amides is 1. The molecule has 1 aromatic carbocycles. The molecule has 0 unspecified atom stereocenters. The van der Waals surface area contributed by atoms with Gasteiger partial charge in [-0.2, -0.15) is 0 Å². The maximum atomic E-state index is 12.1. The van der Waals surface area contributed by atoms with Crippen LogP contribution in [0.4, 0.5) is 11.6 Å². The van der Waals surface area contributed by atoms with Gasteiger partial charge in [0, 0.05) is 37.0 Å². The molecular weight excluding hydrogens is 326 g/mol. The number of hydrogen-bond acceptors (Lipinski definition) is 7. The van der Waals surface area contributed by atoms with Gasteiger partial charge in [-0.05, 0) is 18.2 Å². The lowest BCUT2D eigenvalue weighted by Crippen LogP contribution is -2.37. The zero-order chi connectivity index (χ0) is 17.6. The number of aromatic nitrogens is 2. The Morgan fingerprint density at radius 1 is 1.24 bits per heavy atom. The number of carbonyl (C=O) groups excluding carboxylic acids is 1. The Labute approximate surface area is 143 Å². The van der Waals surface area contributed by atoms with Gasteiger partial charge in [-0.25, -0.2) is 9.97 Å². The zero-order valence-corrected chi connectivity index (χ0v) is 13.4. The fourth-order valence-corrected chi connectivity index (χ4v) is 2.41. The first-order valence-corrected chi connectivity index (χ1v) is 7.81. The van der Waals surface area contributed by atoms with Crippen LogP contribution in [0.3, 0.4) is 0 Å². The predicted molar refractivity (Wildman–Crippen MR) is 89.3 cm³/mol. The van der Waals surface area contributed by atoms with Crippen LogP contribution in [0.2, 0.25) is 0 Å². The maximum Gasteiger partial charge on any atom is 0.269 e. The number of carbonyl (C=O) groups is 1. The average molecular weight is 343 g/mol. The summed E-state index contributed by atoms with van der Waals surface area (Å²) in [6.45, 7) is 3.00. The molecule has 1 saturated heterocycles. The molecule has 2 aromatic rings. The summed E-state index contributed by atoms with van der Waals surface area (Å²) in [6, 6.07) is 7.19. The Kier molecular flexibility index (Phi) is 5.14. The van der Waals surface area contributed by atoms with Crippen LogP contribution in [0.1, 0.15) is 16.1 Å². The summed E-state index contributed by atoms with van der Waals surface area (Å²) >= 11 is 0. The van der Waals surface area contributed by atoms with Crippen molar-refractivity contribution in [2.45, 2.75) is 6.54 Å². The van der Waals surface area contributed by atoms with E-state index >= 15 is 0 Å². The van der Waals surface area contributed by atoms with E-state index in [4.69, 9.17) is 4.74 Å². The first-order valence-electron chi connectivity index (χ1n) is 7.81. The van der Waals surface area contributed by atoms with Crippen LogP contribution in [-0.2, 0) is 11.3 Å². The van der Waals surface area contributed by atoms with Crippen LogP contribution < -0.4 is 10.2 Å². The second kappa shape index (κ2) is 7.67. The minimum absolute atomic E-state index is 0.0532. The number of rotatable bonds is 5. The van der Waals surface area contributed by atoms with E-state index in [1.54, 1.807) is 12.3 Å². The summed E-state index contributed by atoms with van der Waals surface area (Å²) in [6.07, 6.45) is 1.66. The highest BCUT2D eigenvalue weighted by Gasteiger charge is 2.14. The molecule has 0 radical (unpaired) electrons. The molecule has 1 N–H and O–H groups in total. The van der Waals surface area contributed by atoms with Gasteiger partial charge in [0.1, 0.15) is 0 Å². The molecular formula is C16H17N5O4. The number of morpholine rings is 1. The Morgan fingerprint density at radius 2 is 1.96 bits per heavy atom. The summed E-state index contributed by atoms with van der Waals surface area (Å²) in [5.74, 6) is 0.298. The van der Waals surface area contributed by atoms with Crippen LogP contribution >= 0.6 is 0 Å². The van der Waals surface area contributed by atoms with Crippen molar-refractivity contribution in [1.29, 1.82) is 0 Å². The first-order chi connectivity index (χ1) is 12.1. The van der Waals surface area contributed by atoms with Crippen molar-refractivity contribution < 1.29 is 14.5 Å². The molecule has 0 spiro atoms. The highest BCUT2D eigenvalue weighted by molar-refractivity contribution is 5.94. The van der Waals surface area contributed by atoms with Crippen molar-refractivity contribution >= 4 is 17.5 Å². The molecule has 1 aromatic heterocycles. The minimum atomic E-state index is -0.504. The molecule has 0 atom stereocenters. The SMILES string of the molecule is O=C(NCc1ccnc(N2CCOCC2)n1)c1ccc([N+](=O)[O-])cc1. The molecule has 0 saturated carbocycles. The average Bonchev–Trinajstić information content (AvgIpc) is 2.67. The van der Waals surface area contributed by atoms with E-state index in [0.717, 1.165) is 13.1 Å². The Morgan fingerprint density at radius 3 is 2.64 bits per heavy atom. The van der Waals surface area contributed by atoms with Gasteiger partial charge in [-0.15, -0.1) is 0 Å². The third-order valence-corrected chi connectivity index (χ3v) is 3.76. The summed E-state index contributed by atoms with van der Waals surface area (Å²) in [5, 5.41) is 13.4. The standard InChI is InChI=1S/C16H17N5O4/c22-15(12-1-3-14(4-2-12)21(23)24)18-11-13-5-6-17-16(19-13)20-7-9-25-10-8-20/h1-6H,7-11H2,(H,18,22). The lowest BCUT2D eigenvalue weighted by molar-refractivity contribution is -0.384. The largest absolute Gasteiger partial charge is 0.378 e. The Hall–Kier alpha value is -3.07. The molecule has 1 fully saturated rings. The molecule has 25 heavy (non-hydrogen) atoms. The van der Waals surface area contributed by atoms with Crippen LogP contribution in [0.5, 0.6) is 0 Å². The van der Waals surface area contributed by atoms with E-state index in [0.29, 0.717) is 30.4 Å². The van der Waals surface area contributed by atoms with Crippen molar-refractivity contribution in [3.63, 3.8) is 0 Å². The molecule has 0 aliphatic carbocycles. The number of anilines is 1. The van der Waals surface area contributed by atoms with Gasteiger partial charge in [0.05, 0.1) is 30.4 Å². The number of nitrogens with one attached hydrogen (secondary N) is 1. The van der Waals surface area contributed by atoms with Crippen LogP contribution in [0.15, 0.2) is 36.5 Å². The van der Waals surface area contributed by atoms with Gasteiger partial charge >= 0.3 is 0 Å². The second-order valence-electron chi connectivity index (χ2n) is 5.43. The maximum absolute atomic E-state index is 12.1. The molecule has 9 nitrogen and oxygen atoms in total. The van der Waals surface area contributed by atoms with Crippen LogP contribution in [0.25, 0.3) is 0 Å². The van der Waals surface area contributed by atoms with Crippen molar-refractivity contribution in [2.24, 2.45) is 0 Å². The van der Waals surface area contributed by atoms with Gasteiger partial charge in [0.15, 0.2) is 0 Å². The van der Waals surface area contributed by atoms with Gasteiger partial charge in [0.25, 0.3) is 11.6 Å². The number of ether oxygens (including phenoxy) is 1. The highest BCUT2D eigenvalue weighted by Crippen LogP contribution is 2.12. The van der Waals surface area contributed by atoms with E-state index in [-0.39, 0.29) is 18.1 Å². The van der Waals surface area contributed by atoms with Crippen molar-refractivity contribution in [1.82, 2.24) is 15.3 Å². The summed E-state index contributed by atoms with van der Waals surface area (Å²) in [4.78, 5) is 33.0. The minimum Gasteiger partial charge on any atom is -0.378 e. The number of hydrogen-bond donors (Lipinski definition) is 1. The third-order valence-electron chi connectivity index (χ3n) is 3.76. The number of non-ortho nitro benzene ring substituents is 1. The quantitative estimate of drug-likeness (QED) is 0.640. The van der Waals surface area contributed by atoms with Crippen molar-refractivity contribution in [3.05, 3.63) is 57.9 Å². The van der Waals surface area contributed by atoms with Gasteiger partial charge in [0.2, 0.25) is 5.95 Å². The topological polar surface area (TPSA) is 110 Å². The number of nitro benzene ring substituents is 1. The number of nitrogens with zero attached hydrogens (tertiary/aromatic N) is 4. The first kappa shape index (κ1) is 16.8. The van der Waals surface area contributed by atoms with E-state index in [9.17, 15) is 14.9 Å². The Bertz CT molecular complexity index is 759. The molecule has 1 aliphatic heterocycles. The Balaban J connectivity index is 1.61. The van der Waals surface area contributed by atoms with E-state index in [2.05, 4.69) is 15.3 Å². The van der Waals surface area contributed by atoms with E-state index in [1.807, 2.05) is 4.90 Å². The lowest BCUT2D eigenvalue weighted by Gasteiger charge is -2.26. The molecule has 1 amide bonds. The lowest BCUT2D eigenvalue weighted by atomic mass is 10.2. The summed E-state index contributed by atoms with van der Waals surface area (Å²) in [5.41, 5.74) is 0.988. The van der Waals surface area contributed by atoms with Crippen molar-refractivity contribution in [2.75, 3.05) is 31.2 Å². The molecule has 0 bridgehead atoms. The fraction of sp³-hybridized carbons (Fsp3) is 0.312. The monoisotopic (exact) mass is 343 g/mol. The van der Waals surface area contributed by atoms with Gasteiger partial charge in [-0.3, -0.25) is 14.9 Å². The molecule has 130 valence electrons. The predicted octanol–water partition coefficient (Wildman–Crippen LogP) is 1.15. The molecule has 9 heteroatoms. The molecule has 3 rings (SSSR count). The highest BCUT2D eigenvalue weighted by atomic mass is 16.6. The van der Waals surface area contributed by atoms with Gasteiger partial charge in [-0.1, -0.05) is 0 Å². The molecule has 2 heterocycles. The van der Waals surface area contributed by atoms with Crippen molar-refractivity contribution in [3.8, 4) is 0 Å². The van der Waals surface area contributed by atoms with Gasteiger partial charge < -0.3 is 15.0 Å². The van der Waals surface area contributed by atoms with E-state index in [1.165, 1.54) is 24.3 Å². The number of benzene rings is 1. The van der Waals surface area contributed by atoms with Crippen LogP contribution in [0, 0.1) is 10.1 Å². The fourth-order valence-electron chi connectivity index (χ4n) is 2.41. The molecule has 1 aliphatic rings. The number of nitro groups is 1. The van der Waals surface area contributed by atoms with Crippen LogP contribution in [-0.4, -0.2) is 47.1 Å². The second-order valence-corrected chi connectivity index (χ2v) is 5.43. The zero-order valence-electron chi connectivity index (χ0n) is 13.4.